The van der Waals surface area contributed by atoms with Crippen LogP contribution in [0.15, 0.2) is 0 Å². The normalized spacial score (nSPS) is 25.5. The highest BCUT2D eigenvalue weighted by molar-refractivity contribution is 7.87. The van der Waals surface area contributed by atoms with Crippen LogP contribution in [0, 0.1) is 11.3 Å². The van der Waals surface area contributed by atoms with Crippen LogP contribution in [0.2, 0.25) is 0 Å². The van der Waals surface area contributed by atoms with Gasteiger partial charge in [-0.05, 0) is 12.8 Å². The molecule has 0 saturated carbocycles. The molecular weight excluding hydrogens is 178 g/mol. The zero-order valence-electron chi connectivity index (χ0n) is 6.82. The summed E-state index contributed by atoms with van der Waals surface area (Å²) >= 11 is 0. The topological polar surface area (TPSA) is 73.2 Å². The second kappa shape index (κ2) is 3.39. The molecule has 0 aromatic heterocycles. The summed E-state index contributed by atoms with van der Waals surface area (Å²) in [7, 11) is -2.05. The maximum atomic E-state index is 11.2. The third kappa shape index (κ3) is 1.58. The van der Waals surface area contributed by atoms with Crippen LogP contribution in [0.1, 0.15) is 12.8 Å². The first-order valence-electron chi connectivity index (χ1n) is 3.71. The van der Waals surface area contributed by atoms with Crippen LogP contribution in [0.4, 0.5) is 0 Å². The number of nitrogens with zero attached hydrogens (tertiary/aromatic N) is 2. The van der Waals surface area contributed by atoms with Crippen molar-refractivity contribution in [1.82, 2.24) is 9.03 Å². The van der Waals surface area contributed by atoms with Gasteiger partial charge in [0.1, 0.15) is 6.04 Å². The van der Waals surface area contributed by atoms with Crippen LogP contribution < -0.4 is 4.72 Å². The quantitative estimate of drug-likeness (QED) is 0.632. The maximum Gasteiger partial charge on any atom is 0.280 e. The molecule has 0 radical (unpaired) electrons. The summed E-state index contributed by atoms with van der Waals surface area (Å²) in [6, 6.07) is 1.48. The van der Waals surface area contributed by atoms with E-state index in [1.807, 2.05) is 6.07 Å². The Bertz CT molecular complexity index is 292. The van der Waals surface area contributed by atoms with E-state index in [-0.39, 0.29) is 0 Å². The van der Waals surface area contributed by atoms with Gasteiger partial charge >= 0.3 is 0 Å². The molecule has 0 bridgehead atoms. The van der Waals surface area contributed by atoms with Gasteiger partial charge in [0.15, 0.2) is 0 Å². The molecule has 0 amide bonds. The van der Waals surface area contributed by atoms with E-state index in [2.05, 4.69) is 4.72 Å². The van der Waals surface area contributed by atoms with E-state index in [1.165, 1.54) is 11.4 Å². The highest BCUT2D eigenvalue weighted by atomic mass is 32.2. The van der Waals surface area contributed by atoms with Gasteiger partial charge in [0.2, 0.25) is 0 Å². The fourth-order valence-corrected chi connectivity index (χ4v) is 2.37. The van der Waals surface area contributed by atoms with Crippen molar-refractivity contribution in [2.75, 3.05) is 13.6 Å². The summed E-state index contributed by atoms with van der Waals surface area (Å²) in [6.45, 7) is 0.446. The summed E-state index contributed by atoms with van der Waals surface area (Å²) in [5, 5.41) is 8.61. The lowest BCUT2D eigenvalue weighted by Crippen LogP contribution is -2.41. The Labute approximate surface area is 72.2 Å². The van der Waals surface area contributed by atoms with Crippen LogP contribution in [0.3, 0.4) is 0 Å². The van der Waals surface area contributed by atoms with E-state index in [1.54, 1.807) is 0 Å². The molecule has 12 heavy (non-hydrogen) atoms. The van der Waals surface area contributed by atoms with Gasteiger partial charge in [-0.15, -0.1) is 0 Å². The lowest BCUT2D eigenvalue weighted by atomic mass is 10.2. The number of hydrogen-bond donors (Lipinski definition) is 1. The Balaban J connectivity index is 2.83. The van der Waals surface area contributed by atoms with Crippen molar-refractivity contribution >= 4 is 10.2 Å². The first-order valence-corrected chi connectivity index (χ1v) is 5.16. The molecule has 1 aliphatic heterocycles. The van der Waals surface area contributed by atoms with Gasteiger partial charge in [-0.2, -0.15) is 18.0 Å². The van der Waals surface area contributed by atoms with Crippen LogP contribution in [-0.2, 0) is 10.2 Å². The second-order valence-corrected chi connectivity index (χ2v) is 4.43. The summed E-state index contributed by atoms with van der Waals surface area (Å²) in [5.41, 5.74) is 0. The predicted molar refractivity (Wildman–Crippen MR) is 43.3 cm³/mol. The SMILES string of the molecule is CNS(=O)(=O)N1CCCC1C#N. The summed E-state index contributed by atoms with van der Waals surface area (Å²) in [6.07, 6.45) is 1.40. The molecule has 68 valence electrons. The third-order valence-electron chi connectivity index (χ3n) is 1.92. The van der Waals surface area contributed by atoms with E-state index >= 15 is 0 Å². The van der Waals surface area contributed by atoms with Crippen LogP contribution in [0.25, 0.3) is 0 Å². The highest BCUT2D eigenvalue weighted by Crippen LogP contribution is 2.18. The lowest BCUT2D eigenvalue weighted by molar-refractivity contribution is 0.431. The largest absolute Gasteiger partial charge is 0.280 e. The monoisotopic (exact) mass is 189 g/mol. The standard InChI is InChI=1S/C6H11N3O2S/c1-8-12(10,11)9-4-2-3-6(9)5-7/h6,8H,2-4H2,1H3. The number of rotatable bonds is 2. The van der Waals surface area contributed by atoms with Crippen molar-refractivity contribution in [3.63, 3.8) is 0 Å². The average molecular weight is 189 g/mol. The lowest BCUT2D eigenvalue weighted by Gasteiger charge is -2.17. The van der Waals surface area contributed by atoms with Gasteiger partial charge in [0, 0.05) is 13.6 Å². The van der Waals surface area contributed by atoms with E-state index in [0.717, 1.165) is 6.42 Å². The molecular formula is C6H11N3O2S. The molecule has 0 spiro atoms. The Morgan fingerprint density at radius 2 is 2.33 bits per heavy atom. The first-order chi connectivity index (χ1) is 5.61. The van der Waals surface area contributed by atoms with Crippen molar-refractivity contribution in [2.24, 2.45) is 0 Å². The Kier molecular flexibility index (Phi) is 2.67. The van der Waals surface area contributed by atoms with Crippen molar-refractivity contribution in [3.05, 3.63) is 0 Å². The highest BCUT2D eigenvalue weighted by Gasteiger charge is 2.32. The predicted octanol–water partition coefficient (Wildman–Crippen LogP) is -0.561. The maximum absolute atomic E-state index is 11.2. The molecule has 1 unspecified atom stereocenters. The molecule has 1 saturated heterocycles. The van der Waals surface area contributed by atoms with Crippen LogP contribution in [0.5, 0.6) is 0 Å². The van der Waals surface area contributed by atoms with E-state index < -0.39 is 16.3 Å². The molecule has 1 N–H and O–H groups in total. The third-order valence-corrected chi connectivity index (χ3v) is 3.49. The average Bonchev–Trinajstić information content (AvgIpc) is 2.52. The Hall–Kier alpha value is -0.640. The number of nitrogens with one attached hydrogen (secondary N) is 1. The number of nitriles is 1. The molecule has 1 fully saturated rings. The molecule has 1 atom stereocenters. The van der Waals surface area contributed by atoms with Crippen LogP contribution in [-0.4, -0.2) is 32.4 Å². The minimum absolute atomic E-state index is 0.446. The molecule has 0 aromatic carbocycles. The summed E-state index contributed by atoms with van der Waals surface area (Å²) < 4.78 is 25.9. The first kappa shape index (κ1) is 9.45. The minimum atomic E-state index is -3.40. The van der Waals surface area contributed by atoms with Gasteiger partial charge in [0.25, 0.3) is 10.2 Å². The zero-order chi connectivity index (χ0) is 9.19. The zero-order valence-corrected chi connectivity index (χ0v) is 7.63. The summed E-state index contributed by atoms with van der Waals surface area (Å²) in [4.78, 5) is 0. The van der Waals surface area contributed by atoms with E-state index in [9.17, 15) is 8.42 Å². The molecule has 1 aliphatic rings. The smallest absolute Gasteiger partial charge is 0.205 e. The minimum Gasteiger partial charge on any atom is -0.205 e. The van der Waals surface area contributed by atoms with Gasteiger partial charge in [0.05, 0.1) is 6.07 Å². The Morgan fingerprint density at radius 3 is 2.83 bits per heavy atom. The van der Waals surface area contributed by atoms with Gasteiger partial charge < -0.3 is 0 Å². The fraction of sp³-hybridized carbons (Fsp3) is 0.833. The molecule has 0 aliphatic carbocycles. The van der Waals surface area contributed by atoms with Crippen molar-refractivity contribution < 1.29 is 8.42 Å². The van der Waals surface area contributed by atoms with Crippen molar-refractivity contribution in [2.45, 2.75) is 18.9 Å². The molecule has 0 aromatic rings. The van der Waals surface area contributed by atoms with Gasteiger partial charge in [-0.25, -0.2) is 4.72 Å². The molecule has 1 rings (SSSR count). The van der Waals surface area contributed by atoms with E-state index in [4.69, 9.17) is 5.26 Å². The Morgan fingerprint density at radius 1 is 1.67 bits per heavy atom. The van der Waals surface area contributed by atoms with Crippen molar-refractivity contribution in [3.8, 4) is 6.07 Å². The van der Waals surface area contributed by atoms with Gasteiger partial charge in [-0.3, -0.25) is 0 Å². The second-order valence-electron chi connectivity index (χ2n) is 2.61. The number of hydrogen-bond acceptors (Lipinski definition) is 3. The fourth-order valence-electron chi connectivity index (χ4n) is 1.27. The van der Waals surface area contributed by atoms with Crippen molar-refractivity contribution in [1.29, 1.82) is 5.26 Å². The molecule has 5 nitrogen and oxygen atoms in total. The molecule has 6 heteroatoms. The van der Waals surface area contributed by atoms with E-state index in [0.29, 0.717) is 13.0 Å². The van der Waals surface area contributed by atoms with Gasteiger partial charge in [-0.1, -0.05) is 0 Å². The molecule has 1 heterocycles. The summed E-state index contributed by atoms with van der Waals surface area (Å²) in [5.74, 6) is 0. The van der Waals surface area contributed by atoms with Crippen LogP contribution >= 0.6 is 0 Å².